The average Bonchev–Trinajstić information content (AvgIpc) is 2.91. The van der Waals surface area contributed by atoms with E-state index in [-0.39, 0.29) is 23.8 Å². The van der Waals surface area contributed by atoms with Crippen molar-refractivity contribution >= 4 is 17.5 Å². The van der Waals surface area contributed by atoms with Crippen molar-refractivity contribution < 1.29 is 23.8 Å². The summed E-state index contributed by atoms with van der Waals surface area (Å²) < 4.78 is 16.6. The molecule has 1 aliphatic carbocycles. The zero-order valence-electron chi connectivity index (χ0n) is 22.7. The Hall–Kier alpha value is -3.41. The number of rotatable bonds is 8. The maximum Gasteiger partial charge on any atom is 0.336 e. The van der Waals surface area contributed by atoms with Crippen LogP contribution in [0.5, 0.6) is 11.5 Å². The summed E-state index contributed by atoms with van der Waals surface area (Å²) in [7, 11) is 3.21. The van der Waals surface area contributed by atoms with E-state index in [9.17, 15) is 9.59 Å². The molecular weight excluding hydrogens is 466 g/mol. The molecule has 1 aliphatic heterocycles. The van der Waals surface area contributed by atoms with Crippen LogP contribution in [0.15, 0.2) is 58.7 Å². The highest BCUT2D eigenvalue weighted by atomic mass is 16.5. The normalized spacial score (nSPS) is 22.2. The summed E-state index contributed by atoms with van der Waals surface area (Å²) >= 11 is 0. The zero-order chi connectivity index (χ0) is 26.7. The Morgan fingerprint density at radius 2 is 1.65 bits per heavy atom. The van der Waals surface area contributed by atoms with Gasteiger partial charge in [-0.05, 0) is 67.9 Å². The van der Waals surface area contributed by atoms with Gasteiger partial charge in [0, 0.05) is 23.7 Å². The van der Waals surface area contributed by atoms with Crippen LogP contribution in [0.1, 0.15) is 75.5 Å². The lowest BCUT2D eigenvalue weighted by Crippen LogP contribution is -2.41. The molecule has 0 bridgehead atoms. The fourth-order valence-electron chi connectivity index (χ4n) is 5.43. The number of hydrogen-bond acceptors (Lipinski definition) is 6. The van der Waals surface area contributed by atoms with Gasteiger partial charge in [0.2, 0.25) is 0 Å². The van der Waals surface area contributed by atoms with Crippen LogP contribution in [-0.4, -0.2) is 37.8 Å². The predicted molar refractivity (Wildman–Crippen MR) is 145 cm³/mol. The first kappa shape index (κ1) is 26.6. The second-order valence-corrected chi connectivity index (χ2v) is 9.96. The van der Waals surface area contributed by atoms with Crippen molar-refractivity contribution in [3.05, 3.63) is 70.4 Å². The lowest BCUT2D eigenvalue weighted by molar-refractivity contribution is -0.144. The van der Waals surface area contributed by atoms with Gasteiger partial charge in [0.05, 0.1) is 31.8 Å². The van der Waals surface area contributed by atoms with E-state index in [0.717, 1.165) is 29.7 Å². The molecule has 4 rings (SSSR count). The summed E-state index contributed by atoms with van der Waals surface area (Å²) in [4.78, 5) is 32.1. The van der Waals surface area contributed by atoms with Crippen LogP contribution < -0.4 is 9.47 Å². The predicted octanol–water partition coefficient (Wildman–Crippen LogP) is 6.18. The molecule has 0 aromatic heterocycles. The van der Waals surface area contributed by atoms with Gasteiger partial charge in [-0.25, -0.2) is 4.79 Å². The maximum atomic E-state index is 13.8. The van der Waals surface area contributed by atoms with Gasteiger partial charge in [-0.3, -0.25) is 9.79 Å². The van der Waals surface area contributed by atoms with Crippen LogP contribution in [0.25, 0.3) is 0 Å². The molecule has 2 aromatic carbocycles. The Balaban J connectivity index is 1.76. The number of hydrogen-bond donors (Lipinski definition) is 0. The van der Waals surface area contributed by atoms with Crippen LogP contribution in [0.2, 0.25) is 0 Å². The molecule has 0 amide bonds. The lowest BCUT2D eigenvalue weighted by atomic mass is 9.66. The van der Waals surface area contributed by atoms with Gasteiger partial charge < -0.3 is 14.2 Å². The molecule has 1 saturated carbocycles. The quantitative estimate of drug-likeness (QED) is 0.402. The van der Waals surface area contributed by atoms with Gasteiger partial charge in [0.15, 0.2) is 11.5 Å². The van der Waals surface area contributed by atoms with E-state index in [1.807, 2.05) is 51.1 Å². The minimum Gasteiger partial charge on any atom is -0.493 e. The van der Waals surface area contributed by atoms with Crippen LogP contribution in [0.3, 0.4) is 0 Å². The molecule has 0 spiro atoms. The lowest BCUT2D eigenvalue weighted by Gasteiger charge is -2.38. The first-order chi connectivity index (χ1) is 17.8. The fraction of sp³-hybridized carbons (Fsp3) is 0.452. The second-order valence-electron chi connectivity index (χ2n) is 9.96. The Morgan fingerprint density at radius 1 is 0.973 bits per heavy atom. The summed E-state index contributed by atoms with van der Waals surface area (Å²) in [6, 6.07) is 14.1. The molecule has 0 saturated heterocycles. The number of esters is 1. The van der Waals surface area contributed by atoms with Crippen molar-refractivity contribution in [2.45, 2.75) is 71.3 Å². The van der Waals surface area contributed by atoms with E-state index in [1.54, 1.807) is 14.2 Å². The minimum atomic E-state index is -0.480. The number of fused-ring (bicyclic) bond motifs is 1. The second kappa shape index (κ2) is 11.3. The third kappa shape index (κ3) is 5.34. The topological polar surface area (TPSA) is 74.2 Å². The number of aryl methyl sites for hydroxylation is 1. The van der Waals surface area contributed by atoms with E-state index in [1.165, 1.54) is 5.56 Å². The first-order valence-corrected chi connectivity index (χ1v) is 13.1. The van der Waals surface area contributed by atoms with E-state index in [4.69, 9.17) is 19.2 Å². The molecule has 6 nitrogen and oxygen atoms in total. The van der Waals surface area contributed by atoms with E-state index in [0.29, 0.717) is 35.6 Å². The van der Waals surface area contributed by atoms with Crippen molar-refractivity contribution in [1.82, 2.24) is 0 Å². The molecule has 4 atom stereocenters. The average molecular weight is 504 g/mol. The molecule has 1 heterocycles. The molecule has 1 unspecified atom stereocenters. The number of ketones is 1. The molecule has 196 valence electrons. The van der Waals surface area contributed by atoms with Crippen molar-refractivity contribution in [3.63, 3.8) is 0 Å². The highest BCUT2D eigenvalue weighted by molar-refractivity contribution is 6.12. The van der Waals surface area contributed by atoms with Gasteiger partial charge in [-0.1, -0.05) is 44.2 Å². The zero-order valence-corrected chi connectivity index (χ0v) is 22.7. The highest BCUT2D eigenvalue weighted by Crippen LogP contribution is 2.46. The number of benzene rings is 2. The van der Waals surface area contributed by atoms with Gasteiger partial charge in [-0.15, -0.1) is 0 Å². The third-order valence-corrected chi connectivity index (χ3v) is 7.68. The van der Waals surface area contributed by atoms with E-state index < -0.39 is 11.8 Å². The Kier molecular flexibility index (Phi) is 8.16. The fourth-order valence-corrected chi connectivity index (χ4v) is 5.43. The van der Waals surface area contributed by atoms with Gasteiger partial charge in [0.25, 0.3) is 0 Å². The minimum absolute atomic E-state index is 0.0214. The summed E-state index contributed by atoms with van der Waals surface area (Å²) in [6.45, 7) is 7.83. The Morgan fingerprint density at radius 3 is 2.27 bits per heavy atom. The number of Topliss-reactive ketones (excluding diaryl/α,β-unsaturated/α-hetero) is 1. The Labute approximate surface area is 219 Å². The van der Waals surface area contributed by atoms with Crippen molar-refractivity contribution in [2.24, 2.45) is 10.9 Å². The molecule has 37 heavy (non-hydrogen) atoms. The van der Waals surface area contributed by atoms with E-state index >= 15 is 0 Å². The summed E-state index contributed by atoms with van der Waals surface area (Å²) in [5, 5.41) is 0. The molecule has 1 fully saturated rings. The van der Waals surface area contributed by atoms with Crippen molar-refractivity contribution in [2.75, 3.05) is 14.2 Å². The molecule has 2 aliphatic rings. The molecule has 2 aromatic rings. The van der Waals surface area contributed by atoms with Gasteiger partial charge in [-0.2, -0.15) is 0 Å². The largest absolute Gasteiger partial charge is 0.493 e. The molecule has 0 radical (unpaired) electrons. The van der Waals surface area contributed by atoms with Crippen LogP contribution >= 0.6 is 0 Å². The molecule has 0 N–H and O–H groups in total. The number of nitrogens with zero attached hydrogens (tertiary/aromatic N) is 1. The monoisotopic (exact) mass is 503 g/mol. The van der Waals surface area contributed by atoms with Crippen LogP contribution in [0, 0.1) is 5.92 Å². The van der Waals surface area contributed by atoms with Crippen molar-refractivity contribution in [3.8, 4) is 11.5 Å². The number of ether oxygens (including phenoxy) is 3. The van der Waals surface area contributed by atoms with Crippen molar-refractivity contribution in [1.29, 1.82) is 0 Å². The third-order valence-electron chi connectivity index (χ3n) is 7.68. The summed E-state index contributed by atoms with van der Waals surface area (Å²) in [5.74, 6) is 0.0951. The highest BCUT2D eigenvalue weighted by Gasteiger charge is 2.46. The number of methoxy groups -OCH3 is 2. The smallest absolute Gasteiger partial charge is 0.336 e. The SMILES string of the molecule is CCc1ccc([C@@H]2C(C(=O)O[C@@H](C)CC)=C(C)N=C3C[C@@H](c4ccc(OC)c(OC)c4)CC(=O)C32)cc1. The Bertz CT molecular complexity index is 1230. The van der Waals surface area contributed by atoms with Crippen LogP contribution in [0.4, 0.5) is 0 Å². The molecular formula is C31H37NO5. The van der Waals surface area contributed by atoms with Gasteiger partial charge >= 0.3 is 5.97 Å². The summed E-state index contributed by atoms with van der Waals surface area (Å²) in [6.07, 6.45) is 2.44. The standard InChI is InChI=1S/C31H37NO5/c1-7-18(3)37-31(34)28-19(4)32-24-15-23(22-13-14-26(35-5)27(17-22)36-6)16-25(33)30(24)29(28)21-11-9-20(8-2)10-12-21/h9-14,17-18,23,29-30H,7-8,15-16H2,1-6H3/t18-,23+,29+,30?/m0/s1. The van der Waals surface area contributed by atoms with E-state index in [2.05, 4.69) is 19.1 Å². The number of allylic oxidation sites excluding steroid dienone is 1. The number of carbonyl (C=O) groups is 2. The summed E-state index contributed by atoms with van der Waals surface area (Å²) in [5.41, 5.74) is 5.13. The molecule has 6 heteroatoms. The maximum absolute atomic E-state index is 13.8. The van der Waals surface area contributed by atoms with Crippen LogP contribution in [-0.2, 0) is 20.7 Å². The first-order valence-electron chi connectivity index (χ1n) is 13.1. The number of aliphatic imine (C=N–C) groups is 1. The number of carbonyl (C=O) groups excluding carboxylic acids is 2. The van der Waals surface area contributed by atoms with Gasteiger partial charge in [0.1, 0.15) is 5.78 Å².